The summed E-state index contributed by atoms with van der Waals surface area (Å²) < 4.78 is 5.27. The number of hydrogen-bond acceptors (Lipinski definition) is 4. The number of rotatable bonds is 1. The molecule has 0 spiro atoms. The molecule has 0 radical (unpaired) electrons. The van der Waals surface area contributed by atoms with Crippen LogP contribution in [-0.2, 0) is 9.53 Å². The molecule has 0 atom stereocenters. The van der Waals surface area contributed by atoms with Gasteiger partial charge in [0, 0.05) is 18.8 Å². The van der Waals surface area contributed by atoms with Gasteiger partial charge in [-0.1, -0.05) is 23.8 Å². The van der Waals surface area contributed by atoms with E-state index in [0.29, 0.717) is 11.6 Å². The third-order valence-electron chi connectivity index (χ3n) is 3.19. The maximum atomic E-state index is 12.0. The Balaban J connectivity index is 2.01. The molecule has 2 aliphatic heterocycles. The molecule has 1 aromatic rings. The van der Waals surface area contributed by atoms with Crippen molar-refractivity contribution in [1.29, 1.82) is 0 Å². The van der Waals surface area contributed by atoms with Gasteiger partial charge in [0.2, 0.25) is 5.90 Å². The van der Waals surface area contributed by atoms with Crippen molar-refractivity contribution >= 4 is 11.9 Å². The predicted octanol–water partition coefficient (Wildman–Crippen LogP) is 2.53. The summed E-state index contributed by atoms with van der Waals surface area (Å²) in [5.41, 5.74) is 3.03. The zero-order valence-electron chi connectivity index (χ0n) is 11.3. The number of ether oxygens (including phenoxy) is 1. The van der Waals surface area contributed by atoms with Gasteiger partial charge in [-0.2, -0.15) is 0 Å². The number of nitrogens with zero attached hydrogens (tertiary/aromatic N) is 2. The summed E-state index contributed by atoms with van der Waals surface area (Å²) in [7, 11) is 1.87. The minimum absolute atomic E-state index is 0.337. The number of likely N-dealkylation sites (N-methyl/N-ethyl adjacent to an activating group) is 1. The molecule has 2 aliphatic rings. The Morgan fingerprint density at radius 2 is 1.90 bits per heavy atom. The molecule has 3 rings (SSSR count). The van der Waals surface area contributed by atoms with Crippen molar-refractivity contribution in [3.63, 3.8) is 0 Å². The van der Waals surface area contributed by atoms with Crippen molar-refractivity contribution in [2.75, 3.05) is 7.05 Å². The van der Waals surface area contributed by atoms with Crippen LogP contribution < -0.4 is 0 Å². The molecule has 0 unspecified atom stereocenters. The Bertz CT molecular complexity index is 679. The van der Waals surface area contributed by atoms with Gasteiger partial charge in [-0.3, -0.25) is 0 Å². The highest BCUT2D eigenvalue weighted by atomic mass is 16.6. The Labute approximate surface area is 117 Å². The zero-order chi connectivity index (χ0) is 14.1. The Kier molecular flexibility index (Phi) is 2.99. The van der Waals surface area contributed by atoms with Crippen LogP contribution in [-0.4, -0.2) is 23.8 Å². The first kappa shape index (κ1) is 12.4. The quantitative estimate of drug-likeness (QED) is 0.579. The van der Waals surface area contributed by atoms with Crippen molar-refractivity contribution in [3.8, 4) is 0 Å². The lowest BCUT2D eigenvalue weighted by Crippen LogP contribution is -2.15. The molecule has 0 saturated carbocycles. The average Bonchev–Trinajstić information content (AvgIpc) is 2.82. The van der Waals surface area contributed by atoms with E-state index in [1.54, 1.807) is 0 Å². The lowest BCUT2D eigenvalue weighted by atomic mass is 10.1. The molecular weight excluding hydrogens is 252 g/mol. The molecule has 20 heavy (non-hydrogen) atoms. The number of aliphatic imine (C=N–C) groups is 1. The van der Waals surface area contributed by atoms with E-state index in [1.807, 2.05) is 67.6 Å². The molecule has 0 aliphatic carbocycles. The van der Waals surface area contributed by atoms with Crippen LogP contribution in [0.15, 0.2) is 65.1 Å². The van der Waals surface area contributed by atoms with Crippen molar-refractivity contribution in [2.45, 2.75) is 6.92 Å². The number of esters is 1. The van der Waals surface area contributed by atoms with Gasteiger partial charge in [0.05, 0.1) is 5.70 Å². The van der Waals surface area contributed by atoms with E-state index >= 15 is 0 Å². The first-order valence-corrected chi connectivity index (χ1v) is 6.35. The summed E-state index contributed by atoms with van der Waals surface area (Å²) in [6.07, 6.45) is 7.48. The summed E-state index contributed by atoms with van der Waals surface area (Å²) >= 11 is 0. The molecule has 1 aromatic carbocycles. The standard InChI is InChI=1S/C16H14N2O2/c1-11-6-8-12(9-7-11)15-17-14(16(19)20-15)13-5-3-4-10-18(13)2/h3-10H,1-2H3. The van der Waals surface area contributed by atoms with Crippen LogP contribution in [0.1, 0.15) is 11.1 Å². The summed E-state index contributed by atoms with van der Waals surface area (Å²) in [5, 5.41) is 0. The molecule has 0 amide bonds. The topological polar surface area (TPSA) is 41.9 Å². The fourth-order valence-electron chi connectivity index (χ4n) is 2.06. The van der Waals surface area contributed by atoms with E-state index in [-0.39, 0.29) is 0 Å². The molecule has 4 nitrogen and oxygen atoms in total. The Hall–Kier alpha value is -2.62. The maximum Gasteiger partial charge on any atom is 0.366 e. The van der Waals surface area contributed by atoms with Crippen molar-refractivity contribution < 1.29 is 9.53 Å². The highest BCUT2D eigenvalue weighted by Gasteiger charge is 2.28. The number of carbonyl (C=O) groups excluding carboxylic acids is 1. The molecular formula is C16H14N2O2. The van der Waals surface area contributed by atoms with Crippen LogP contribution in [0.2, 0.25) is 0 Å². The fraction of sp³-hybridized carbons (Fsp3) is 0.125. The fourth-order valence-corrected chi connectivity index (χ4v) is 2.06. The third kappa shape index (κ3) is 2.16. The second-order valence-electron chi connectivity index (χ2n) is 4.72. The van der Waals surface area contributed by atoms with Crippen molar-refractivity contribution in [1.82, 2.24) is 4.90 Å². The van der Waals surface area contributed by atoms with Crippen LogP contribution in [0.25, 0.3) is 0 Å². The summed E-state index contributed by atoms with van der Waals surface area (Å²) in [6, 6.07) is 7.73. The number of aryl methyl sites for hydroxylation is 1. The SMILES string of the molecule is Cc1ccc(C2=NC(=C3C=CC=CN3C)C(=O)O2)cc1. The number of carbonyl (C=O) groups is 1. The molecule has 0 aromatic heterocycles. The van der Waals surface area contributed by atoms with Crippen LogP contribution in [0, 0.1) is 6.92 Å². The lowest BCUT2D eigenvalue weighted by Gasteiger charge is -2.17. The number of benzene rings is 1. The van der Waals surface area contributed by atoms with E-state index < -0.39 is 5.97 Å². The normalized spacial score (nSPS) is 21.2. The van der Waals surface area contributed by atoms with E-state index in [4.69, 9.17) is 4.74 Å². The minimum Gasteiger partial charge on any atom is -0.402 e. The van der Waals surface area contributed by atoms with E-state index in [9.17, 15) is 4.79 Å². The van der Waals surface area contributed by atoms with Gasteiger partial charge in [-0.25, -0.2) is 9.79 Å². The molecule has 0 fully saturated rings. The van der Waals surface area contributed by atoms with Gasteiger partial charge in [0.1, 0.15) is 0 Å². The highest BCUT2D eigenvalue weighted by molar-refractivity contribution is 6.11. The van der Waals surface area contributed by atoms with E-state index in [2.05, 4.69) is 4.99 Å². The Morgan fingerprint density at radius 3 is 2.60 bits per heavy atom. The van der Waals surface area contributed by atoms with E-state index in [0.717, 1.165) is 16.8 Å². The molecule has 100 valence electrons. The molecule has 2 heterocycles. The first-order valence-electron chi connectivity index (χ1n) is 6.35. The maximum absolute atomic E-state index is 12.0. The van der Waals surface area contributed by atoms with E-state index in [1.165, 1.54) is 0 Å². The second-order valence-corrected chi connectivity index (χ2v) is 4.72. The van der Waals surface area contributed by atoms with Crippen LogP contribution in [0.5, 0.6) is 0 Å². The molecule has 4 heteroatoms. The molecule has 0 bridgehead atoms. The Morgan fingerprint density at radius 1 is 1.15 bits per heavy atom. The molecule has 0 saturated heterocycles. The van der Waals surface area contributed by atoms with Crippen LogP contribution in [0.4, 0.5) is 0 Å². The van der Waals surface area contributed by atoms with Gasteiger partial charge in [-0.05, 0) is 31.2 Å². The van der Waals surface area contributed by atoms with Gasteiger partial charge in [0.15, 0.2) is 5.70 Å². The number of allylic oxidation sites excluding steroid dienone is 3. The number of cyclic esters (lactones) is 1. The number of hydrogen-bond donors (Lipinski definition) is 0. The third-order valence-corrected chi connectivity index (χ3v) is 3.19. The summed E-state index contributed by atoms with van der Waals surface area (Å²) in [4.78, 5) is 18.2. The van der Waals surface area contributed by atoms with Crippen molar-refractivity contribution in [3.05, 3.63) is 71.2 Å². The predicted molar refractivity (Wildman–Crippen MR) is 76.9 cm³/mol. The van der Waals surface area contributed by atoms with Crippen molar-refractivity contribution in [2.24, 2.45) is 4.99 Å². The highest BCUT2D eigenvalue weighted by Crippen LogP contribution is 2.23. The van der Waals surface area contributed by atoms with Crippen LogP contribution in [0.3, 0.4) is 0 Å². The minimum atomic E-state index is -0.414. The lowest BCUT2D eigenvalue weighted by molar-refractivity contribution is -0.130. The molecule has 0 N–H and O–H groups in total. The second kappa shape index (κ2) is 4.81. The summed E-state index contributed by atoms with van der Waals surface area (Å²) in [6.45, 7) is 2.01. The van der Waals surface area contributed by atoms with Gasteiger partial charge >= 0.3 is 5.97 Å². The summed E-state index contributed by atoms with van der Waals surface area (Å²) in [5.74, 6) is -0.0590. The van der Waals surface area contributed by atoms with Gasteiger partial charge in [0.25, 0.3) is 0 Å². The average molecular weight is 266 g/mol. The first-order chi connectivity index (χ1) is 9.65. The monoisotopic (exact) mass is 266 g/mol. The largest absolute Gasteiger partial charge is 0.402 e. The van der Waals surface area contributed by atoms with Gasteiger partial charge < -0.3 is 9.64 Å². The van der Waals surface area contributed by atoms with Crippen LogP contribution >= 0.6 is 0 Å². The zero-order valence-corrected chi connectivity index (χ0v) is 11.3. The smallest absolute Gasteiger partial charge is 0.366 e. The van der Waals surface area contributed by atoms with Gasteiger partial charge in [-0.15, -0.1) is 0 Å².